The number of fused-ring (bicyclic) bond motifs is 3. The summed E-state index contributed by atoms with van der Waals surface area (Å²) in [5, 5.41) is 4.97. The zero-order valence-corrected chi connectivity index (χ0v) is 24.8. The van der Waals surface area contributed by atoms with E-state index in [1.807, 2.05) is 0 Å². The normalized spacial score (nSPS) is 11.1. The van der Waals surface area contributed by atoms with Gasteiger partial charge in [0.05, 0.1) is 11.4 Å². The average molecular weight is 574 g/mol. The Labute approximate surface area is 264 Å². The Balaban J connectivity index is 1.41. The first kappa shape index (κ1) is 26.7. The number of benzene rings is 8. The molecule has 0 aliphatic rings. The molecule has 1 heteroatoms. The van der Waals surface area contributed by atoms with E-state index < -0.39 is 0 Å². The third kappa shape index (κ3) is 5.05. The van der Waals surface area contributed by atoms with Crippen LogP contribution in [0.25, 0.3) is 54.9 Å². The highest BCUT2D eigenvalue weighted by Gasteiger charge is 2.21. The van der Waals surface area contributed by atoms with Gasteiger partial charge in [-0.3, -0.25) is 0 Å². The van der Waals surface area contributed by atoms with Crippen LogP contribution in [-0.2, 0) is 0 Å². The first-order valence-corrected chi connectivity index (χ1v) is 15.4. The van der Waals surface area contributed by atoms with Gasteiger partial charge in [0, 0.05) is 16.6 Å². The van der Waals surface area contributed by atoms with Crippen molar-refractivity contribution in [1.82, 2.24) is 0 Å². The predicted molar refractivity (Wildman–Crippen MR) is 192 cm³/mol. The fourth-order valence-corrected chi connectivity index (χ4v) is 6.45. The Morgan fingerprint density at radius 3 is 1.56 bits per heavy atom. The molecule has 8 aromatic rings. The van der Waals surface area contributed by atoms with Gasteiger partial charge in [-0.2, -0.15) is 0 Å². The molecule has 0 amide bonds. The summed E-state index contributed by atoms with van der Waals surface area (Å²) in [5.74, 6) is 0. The maximum atomic E-state index is 2.45. The average Bonchev–Trinajstić information content (AvgIpc) is 3.13. The van der Waals surface area contributed by atoms with Gasteiger partial charge in [-0.05, 0) is 68.2 Å². The zero-order chi connectivity index (χ0) is 30.0. The number of hydrogen-bond acceptors (Lipinski definition) is 1. The molecule has 0 N–H and O–H groups in total. The van der Waals surface area contributed by atoms with E-state index in [1.54, 1.807) is 0 Å². The highest BCUT2D eigenvalue weighted by Crippen LogP contribution is 2.46. The quantitative estimate of drug-likeness (QED) is 0.179. The Kier molecular flexibility index (Phi) is 6.90. The van der Waals surface area contributed by atoms with Crippen molar-refractivity contribution in [2.24, 2.45) is 0 Å². The third-order valence-electron chi connectivity index (χ3n) is 8.67. The molecule has 0 aromatic heterocycles. The van der Waals surface area contributed by atoms with Gasteiger partial charge < -0.3 is 4.90 Å². The van der Waals surface area contributed by atoms with E-state index >= 15 is 0 Å². The van der Waals surface area contributed by atoms with Gasteiger partial charge in [0.1, 0.15) is 0 Å². The molecule has 0 saturated heterocycles. The van der Waals surface area contributed by atoms with Crippen LogP contribution in [0.15, 0.2) is 188 Å². The molecule has 0 radical (unpaired) electrons. The summed E-state index contributed by atoms with van der Waals surface area (Å²) in [4.78, 5) is 2.45. The Hall–Kier alpha value is -5.92. The molecule has 0 saturated carbocycles. The summed E-state index contributed by atoms with van der Waals surface area (Å²) in [6, 6.07) is 67.7. The minimum atomic E-state index is 1.11. The van der Waals surface area contributed by atoms with Crippen molar-refractivity contribution in [3.63, 3.8) is 0 Å². The molecule has 8 rings (SSSR count). The molecule has 0 spiro atoms. The summed E-state index contributed by atoms with van der Waals surface area (Å²) in [6.45, 7) is 0. The molecular formula is C44H31N. The monoisotopic (exact) mass is 573 g/mol. The lowest BCUT2D eigenvalue weighted by atomic mass is 9.95. The largest absolute Gasteiger partial charge is 0.309 e. The minimum Gasteiger partial charge on any atom is -0.309 e. The van der Waals surface area contributed by atoms with Crippen molar-refractivity contribution in [2.45, 2.75) is 0 Å². The van der Waals surface area contributed by atoms with Crippen molar-refractivity contribution in [3.05, 3.63) is 188 Å². The lowest BCUT2D eigenvalue weighted by Crippen LogP contribution is -2.12. The second kappa shape index (κ2) is 11.6. The number of nitrogens with zero attached hydrogens (tertiary/aromatic N) is 1. The molecule has 0 aliphatic heterocycles. The van der Waals surface area contributed by atoms with E-state index in [0.29, 0.717) is 0 Å². The summed E-state index contributed by atoms with van der Waals surface area (Å²) < 4.78 is 0. The van der Waals surface area contributed by atoms with Crippen LogP contribution in [0.3, 0.4) is 0 Å². The van der Waals surface area contributed by atoms with Gasteiger partial charge in [0.15, 0.2) is 0 Å². The summed E-state index contributed by atoms with van der Waals surface area (Å²) >= 11 is 0. The topological polar surface area (TPSA) is 3.24 Å². The maximum Gasteiger partial charge on any atom is 0.0546 e. The fourth-order valence-electron chi connectivity index (χ4n) is 6.45. The number of rotatable bonds is 6. The Morgan fingerprint density at radius 1 is 0.289 bits per heavy atom. The van der Waals surface area contributed by atoms with Gasteiger partial charge in [-0.25, -0.2) is 0 Å². The van der Waals surface area contributed by atoms with Crippen molar-refractivity contribution < 1.29 is 0 Å². The first-order chi connectivity index (χ1) is 22.3. The van der Waals surface area contributed by atoms with Gasteiger partial charge >= 0.3 is 0 Å². The lowest BCUT2D eigenvalue weighted by Gasteiger charge is -2.30. The predicted octanol–water partition coefficient (Wildman–Crippen LogP) is 12.5. The molecule has 45 heavy (non-hydrogen) atoms. The smallest absolute Gasteiger partial charge is 0.0546 e. The molecule has 0 fully saturated rings. The maximum absolute atomic E-state index is 2.45. The number of anilines is 3. The van der Waals surface area contributed by atoms with Gasteiger partial charge in [0.25, 0.3) is 0 Å². The summed E-state index contributed by atoms with van der Waals surface area (Å²) in [5.41, 5.74) is 10.5. The van der Waals surface area contributed by atoms with E-state index in [2.05, 4.69) is 193 Å². The molecule has 212 valence electrons. The molecule has 0 atom stereocenters. The van der Waals surface area contributed by atoms with E-state index in [4.69, 9.17) is 0 Å². The molecule has 0 unspecified atom stereocenters. The lowest BCUT2D eigenvalue weighted by molar-refractivity contribution is 1.30. The molecule has 0 heterocycles. The van der Waals surface area contributed by atoms with E-state index in [9.17, 15) is 0 Å². The first-order valence-electron chi connectivity index (χ1n) is 15.4. The minimum absolute atomic E-state index is 1.11. The van der Waals surface area contributed by atoms with E-state index in [0.717, 1.165) is 17.1 Å². The highest BCUT2D eigenvalue weighted by atomic mass is 15.1. The van der Waals surface area contributed by atoms with Crippen LogP contribution < -0.4 is 4.90 Å². The summed E-state index contributed by atoms with van der Waals surface area (Å²) in [6.07, 6.45) is 0. The highest BCUT2D eigenvalue weighted by molar-refractivity contribution is 6.13. The van der Waals surface area contributed by atoms with Gasteiger partial charge in [0.2, 0.25) is 0 Å². The SMILES string of the molecule is c1ccc(-c2ccc(N(c3cc(-c4ccccc4)ccc3-c3ccccc3)c3cccc4c3ccc3ccccc34)cc2)cc1. The fraction of sp³-hybridized carbons (Fsp3) is 0. The zero-order valence-electron chi connectivity index (χ0n) is 24.8. The van der Waals surface area contributed by atoms with Crippen LogP contribution in [0.5, 0.6) is 0 Å². The van der Waals surface area contributed by atoms with E-state index in [1.165, 1.54) is 54.9 Å². The molecule has 0 bridgehead atoms. The second-order valence-corrected chi connectivity index (χ2v) is 11.4. The molecule has 8 aromatic carbocycles. The Bertz CT molecular complexity index is 2240. The van der Waals surface area contributed by atoms with Crippen LogP contribution in [0, 0.1) is 0 Å². The van der Waals surface area contributed by atoms with Crippen molar-refractivity contribution in [2.75, 3.05) is 4.90 Å². The van der Waals surface area contributed by atoms with Crippen LogP contribution in [0.4, 0.5) is 17.1 Å². The Morgan fingerprint density at radius 2 is 0.844 bits per heavy atom. The molecule has 0 aliphatic carbocycles. The molecular weight excluding hydrogens is 542 g/mol. The van der Waals surface area contributed by atoms with Gasteiger partial charge in [-0.1, -0.05) is 164 Å². The van der Waals surface area contributed by atoms with Gasteiger partial charge in [-0.15, -0.1) is 0 Å². The second-order valence-electron chi connectivity index (χ2n) is 11.4. The van der Waals surface area contributed by atoms with Crippen LogP contribution in [0.1, 0.15) is 0 Å². The van der Waals surface area contributed by atoms with Crippen molar-refractivity contribution in [1.29, 1.82) is 0 Å². The summed E-state index contributed by atoms with van der Waals surface area (Å²) in [7, 11) is 0. The molecule has 1 nitrogen and oxygen atoms in total. The van der Waals surface area contributed by atoms with E-state index in [-0.39, 0.29) is 0 Å². The van der Waals surface area contributed by atoms with Crippen molar-refractivity contribution >= 4 is 38.6 Å². The standard InChI is InChI=1S/C44H31N/c1-4-13-32(14-5-1)34-23-27-38(28-24-34)45(43-22-12-21-41-39-20-11-10-19-36(39)25-30-42(41)43)44-31-37(33-15-6-2-7-16-33)26-29-40(44)35-17-8-3-9-18-35/h1-31H. The van der Waals surface area contributed by atoms with Crippen molar-refractivity contribution in [3.8, 4) is 33.4 Å². The van der Waals surface area contributed by atoms with Crippen LogP contribution in [-0.4, -0.2) is 0 Å². The van der Waals surface area contributed by atoms with Crippen LogP contribution in [0.2, 0.25) is 0 Å². The van der Waals surface area contributed by atoms with Crippen LogP contribution >= 0.6 is 0 Å². The number of hydrogen-bond donors (Lipinski definition) is 0. The third-order valence-corrected chi connectivity index (χ3v) is 8.67.